The highest BCUT2D eigenvalue weighted by atomic mass is 32.2. The third-order valence-corrected chi connectivity index (χ3v) is 10.7. The molecule has 3 N–H and O–H groups in total. The summed E-state index contributed by atoms with van der Waals surface area (Å²) in [5, 5.41) is 17.7. The fourth-order valence-corrected chi connectivity index (χ4v) is 7.67. The summed E-state index contributed by atoms with van der Waals surface area (Å²) in [6, 6.07) is 22.0. The molecule has 0 bridgehead atoms. The number of benzene rings is 2. The Kier molecular flexibility index (Phi) is 12.5. The van der Waals surface area contributed by atoms with Crippen molar-refractivity contribution in [2.75, 3.05) is 24.3 Å². The number of hydrogen-bond acceptors (Lipinski definition) is 10. The topological polar surface area (TPSA) is 147 Å². The van der Waals surface area contributed by atoms with Crippen LogP contribution in [0.3, 0.4) is 0 Å². The van der Waals surface area contributed by atoms with Gasteiger partial charge in [0.25, 0.3) is 0 Å². The summed E-state index contributed by atoms with van der Waals surface area (Å²) in [7, 11) is 0. The van der Waals surface area contributed by atoms with E-state index in [4.69, 9.17) is 40.5 Å². The summed E-state index contributed by atoms with van der Waals surface area (Å²) < 4.78 is 46.0. The lowest BCUT2D eigenvalue weighted by atomic mass is 10.1. The van der Waals surface area contributed by atoms with Crippen LogP contribution in [0.5, 0.6) is 0 Å². The van der Waals surface area contributed by atoms with E-state index < -0.39 is 11.8 Å². The Balaban J connectivity index is 1.09. The summed E-state index contributed by atoms with van der Waals surface area (Å²) in [5.74, 6) is 2.96. The van der Waals surface area contributed by atoms with Gasteiger partial charge in [-0.3, -0.25) is 0 Å². The largest absolute Gasteiger partial charge is 0.384 e. The summed E-state index contributed by atoms with van der Waals surface area (Å²) in [6.45, 7) is 12.1. The van der Waals surface area contributed by atoms with Gasteiger partial charge < -0.3 is 20.5 Å². The molecule has 2 aromatic carbocycles. The molecule has 2 unspecified atom stereocenters. The van der Waals surface area contributed by atoms with Gasteiger partial charge in [0.2, 0.25) is 0 Å². The van der Waals surface area contributed by atoms with Crippen LogP contribution in [0.25, 0.3) is 11.0 Å². The Morgan fingerprint density at radius 2 is 1.53 bits per heavy atom. The number of hydrogen-bond donors (Lipinski definition) is 2. The first kappa shape index (κ1) is 41.2. The Labute approximate surface area is 345 Å². The minimum Gasteiger partial charge on any atom is -0.384 e. The van der Waals surface area contributed by atoms with Gasteiger partial charge >= 0.3 is 0 Å². The van der Waals surface area contributed by atoms with Crippen LogP contribution >= 0.6 is 11.8 Å². The van der Waals surface area contributed by atoms with Gasteiger partial charge in [-0.1, -0.05) is 36.8 Å². The van der Waals surface area contributed by atoms with Crippen LogP contribution in [0.15, 0.2) is 108 Å². The van der Waals surface area contributed by atoms with E-state index in [1.54, 1.807) is 62.0 Å². The lowest BCUT2D eigenvalue weighted by Gasteiger charge is -2.27. The molecule has 5 heterocycles. The molecule has 59 heavy (non-hydrogen) atoms. The number of aromatic nitrogens is 8. The molecule has 7 aromatic rings. The van der Waals surface area contributed by atoms with Crippen LogP contribution in [0.4, 0.5) is 26.2 Å². The maximum atomic E-state index is 14.0. The smallest absolute Gasteiger partial charge is 0.185 e. The second-order valence-corrected chi connectivity index (χ2v) is 15.9. The summed E-state index contributed by atoms with van der Waals surface area (Å²) >= 11 is 1.71. The van der Waals surface area contributed by atoms with Gasteiger partial charge in [-0.05, 0) is 113 Å². The lowest BCUT2D eigenvalue weighted by Crippen LogP contribution is -2.33. The molecular weight excluding hydrogens is 773 g/mol. The van der Waals surface area contributed by atoms with Crippen LogP contribution < -0.4 is 11.1 Å². The molecule has 5 aromatic heterocycles. The fourth-order valence-electron chi connectivity index (χ4n) is 6.60. The van der Waals surface area contributed by atoms with Crippen molar-refractivity contribution in [3.05, 3.63) is 143 Å². The quantitative estimate of drug-likeness (QED) is 0.0519. The monoisotopic (exact) mass is 819 g/mol. The van der Waals surface area contributed by atoms with Gasteiger partial charge in [-0.2, -0.15) is 10.2 Å². The third-order valence-electron chi connectivity index (χ3n) is 9.24. The van der Waals surface area contributed by atoms with Crippen molar-refractivity contribution in [3.8, 4) is 0 Å². The average Bonchev–Trinajstić information content (AvgIpc) is 3.96. The van der Waals surface area contributed by atoms with Crippen LogP contribution in [-0.4, -0.2) is 63.8 Å². The zero-order valence-electron chi connectivity index (χ0n) is 33.8. The minimum atomic E-state index is -0.894. The third kappa shape index (κ3) is 9.67. The number of nitrogens with two attached hydrogens (primary N) is 1. The van der Waals surface area contributed by atoms with E-state index in [1.165, 1.54) is 24.3 Å². The minimum absolute atomic E-state index is 0.143. The Bertz CT molecular complexity index is 2590. The Morgan fingerprint density at radius 1 is 0.881 bits per heavy atom. The molecule has 306 valence electrons. The van der Waals surface area contributed by atoms with Crippen molar-refractivity contribution < 1.29 is 18.3 Å². The number of allylic oxidation sites excluding steroid dienone is 1. The first-order valence-corrected chi connectivity index (χ1v) is 20.4. The highest BCUT2D eigenvalue weighted by Crippen LogP contribution is 2.36. The highest BCUT2D eigenvalue weighted by Gasteiger charge is 2.27. The predicted octanol–water partition coefficient (Wildman–Crippen LogP) is 9.00. The zero-order valence-corrected chi connectivity index (χ0v) is 34.6. The molecule has 0 saturated carbocycles. The average molecular weight is 820 g/mol. The van der Waals surface area contributed by atoms with Crippen molar-refractivity contribution in [2.24, 2.45) is 10.7 Å². The standard InChI is InChI=1S/C43H47F2N11O2S/c1-7-24-59-38(30-14-18-32(45)19-15-30)42-50-40(34-11-9-21-55(34)53-42)48-36-26-28(4)56(51-36)43(5,6)58-23-22-57-37(29-12-16-31(44)17-13-29)41-49-39(47-35(46)25-27(2)3)33-10-8-20-54(33)52-41/h8-21,25-26,37-38H,7,22-24H2,1-6H3,(H2,46,47,49,52)(H,48,50,51,53). The molecule has 13 nitrogen and oxygen atoms in total. The number of aryl methyl sites for hydroxylation is 1. The van der Waals surface area contributed by atoms with Crippen LogP contribution in [0.1, 0.15) is 80.9 Å². The van der Waals surface area contributed by atoms with Crippen LogP contribution in [-0.2, 0) is 15.2 Å². The first-order valence-electron chi connectivity index (χ1n) is 19.3. The molecule has 0 aliphatic heterocycles. The normalized spacial score (nSPS) is 13.3. The van der Waals surface area contributed by atoms with Crippen molar-refractivity contribution in [2.45, 2.75) is 65.0 Å². The maximum absolute atomic E-state index is 14.0. The highest BCUT2D eigenvalue weighted by molar-refractivity contribution is 7.99. The zero-order chi connectivity index (χ0) is 41.7. The number of anilines is 2. The van der Waals surface area contributed by atoms with E-state index in [0.29, 0.717) is 46.0 Å². The number of rotatable bonds is 17. The first-order chi connectivity index (χ1) is 28.4. The summed E-state index contributed by atoms with van der Waals surface area (Å²) in [5.41, 5.74) is 10.2. The van der Waals surface area contributed by atoms with Gasteiger partial charge in [-0.15, -0.1) is 16.9 Å². The molecular formula is C43H47F2N11O2S. The summed E-state index contributed by atoms with van der Waals surface area (Å²) in [6.07, 6.45) is 5.63. The van der Waals surface area contributed by atoms with E-state index in [1.807, 2.05) is 71.1 Å². The fraction of sp³-hybridized carbons (Fsp3) is 0.302. The molecule has 0 amide bonds. The van der Waals surface area contributed by atoms with E-state index >= 15 is 0 Å². The Hall–Kier alpha value is -5.97. The number of halogens is 2. The molecule has 2 atom stereocenters. The lowest BCUT2D eigenvalue weighted by molar-refractivity contribution is -0.109. The summed E-state index contributed by atoms with van der Waals surface area (Å²) in [4.78, 5) is 14.3. The molecule has 0 radical (unpaired) electrons. The molecule has 0 spiro atoms. The molecule has 0 aliphatic rings. The van der Waals surface area contributed by atoms with Crippen molar-refractivity contribution in [1.82, 2.24) is 39.0 Å². The van der Waals surface area contributed by atoms with E-state index in [0.717, 1.165) is 34.5 Å². The van der Waals surface area contributed by atoms with Crippen molar-refractivity contribution >= 4 is 46.1 Å². The van der Waals surface area contributed by atoms with Gasteiger partial charge in [0, 0.05) is 24.2 Å². The van der Waals surface area contributed by atoms with Crippen molar-refractivity contribution in [3.63, 3.8) is 0 Å². The number of nitrogens with one attached hydrogen (secondary N) is 1. The second-order valence-electron chi connectivity index (χ2n) is 14.7. The SMILES string of the molecule is CCCSC(c1ccc(F)cc1)c1nc(Nc2cc(C)n(C(C)(C)OCCOC(c3ccc(F)cc3)c3nc(N=C(N)C=C(C)C)c4cccn4n3)n2)c2cccn2n1. The number of fused-ring (bicyclic) bond motifs is 2. The molecule has 7 rings (SSSR count). The van der Waals surface area contributed by atoms with Crippen LogP contribution in [0, 0.1) is 18.6 Å². The molecule has 0 aliphatic carbocycles. The van der Waals surface area contributed by atoms with E-state index in [2.05, 4.69) is 17.2 Å². The second kappa shape index (κ2) is 17.9. The predicted molar refractivity (Wildman–Crippen MR) is 227 cm³/mol. The van der Waals surface area contributed by atoms with E-state index in [9.17, 15) is 8.78 Å². The van der Waals surface area contributed by atoms with Gasteiger partial charge in [0.15, 0.2) is 34.8 Å². The number of nitrogens with zero attached hydrogens (tertiary/aromatic N) is 9. The van der Waals surface area contributed by atoms with Gasteiger partial charge in [0.1, 0.15) is 34.6 Å². The maximum Gasteiger partial charge on any atom is 0.185 e. The number of ether oxygens (including phenoxy) is 2. The van der Waals surface area contributed by atoms with E-state index in [-0.39, 0.29) is 30.1 Å². The number of amidine groups is 1. The molecule has 16 heteroatoms. The molecule has 0 fully saturated rings. The molecule has 0 saturated heterocycles. The van der Waals surface area contributed by atoms with Crippen molar-refractivity contribution in [1.29, 1.82) is 0 Å². The number of aliphatic imine (C=N–C) groups is 1. The Morgan fingerprint density at radius 3 is 2.20 bits per heavy atom. The van der Waals surface area contributed by atoms with Gasteiger partial charge in [0.05, 0.1) is 18.5 Å². The van der Waals surface area contributed by atoms with Crippen LogP contribution in [0.2, 0.25) is 0 Å². The van der Waals surface area contributed by atoms with Gasteiger partial charge in [-0.25, -0.2) is 37.5 Å². The number of thioether (sulfide) groups is 1.